The monoisotopic (exact) mass is 399 g/mol. The first-order valence-corrected chi connectivity index (χ1v) is 8.21. The van der Waals surface area contributed by atoms with Gasteiger partial charge in [0, 0.05) is 13.1 Å². The number of carboxylic acids is 2. The Bertz CT molecular complexity index is 582. The fourth-order valence-corrected chi connectivity index (χ4v) is 2.23. The molecule has 2 heterocycles. The van der Waals surface area contributed by atoms with Gasteiger partial charge in [-0.25, -0.2) is 4.63 Å². The molecule has 0 N–H and O–H groups in total. The first-order valence-electron chi connectivity index (χ1n) is 8.21. The molecule has 0 unspecified atom stereocenters. The van der Waals surface area contributed by atoms with Gasteiger partial charge in [0.1, 0.15) is 0 Å². The van der Waals surface area contributed by atoms with Gasteiger partial charge in [0.25, 0.3) is 5.88 Å². The predicted octanol–water partition coefficient (Wildman–Crippen LogP) is -6.76. The number of nitrogens with zero attached hydrogens (tertiary/aromatic N) is 3. The summed E-state index contributed by atoms with van der Waals surface area (Å²) < 4.78 is 10.5. The van der Waals surface area contributed by atoms with Gasteiger partial charge in [0.15, 0.2) is 5.69 Å². The zero-order valence-electron chi connectivity index (χ0n) is 16.5. The van der Waals surface area contributed by atoms with Crippen molar-refractivity contribution in [1.29, 1.82) is 0 Å². The van der Waals surface area contributed by atoms with Gasteiger partial charge in [-0.2, -0.15) is 0 Å². The molecule has 0 fully saturated rings. The fourth-order valence-electron chi connectivity index (χ4n) is 2.23. The summed E-state index contributed by atoms with van der Waals surface area (Å²) in [5, 5.41) is 25.7. The molecule has 0 saturated carbocycles. The van der Waals surface area contributed by atoms with Gasteiger partial charge in [-0.05, 0) is 35.8 Å². The summed E-state index contributed by atoms with van der Waals surface area (Å²) >= 11 is 0. The Morgan fingerprint density at radius 1 is 1.19 bits per heavy atom. The molecule has 0 aromatic carbocycles. The normalized spacial score (nSPS) is 13.2. The van der Waals surface area contributed by atoms with Crippen LogP contribution in [-0.2, 0) is 9.59 Å². The molecule has 9 nitrogen and oxygen atoms in total. The first kappa shape index (κ1) is 28.8. The molecular weight excluding hydrogens is 376 g/mol. The minimum absolute atomic E-state index is 0. The van der Waals surface area contributed by atoms with Crippen LogP contribution in [0.3, 0.4) is 0 Å². The van der Waals surface area contributed by atoms with Crippen molar-refractivity contribution in [3.05, 3.63) is 11.8 Å². The SMILES string of the molecule is CCCCCCOc1nonc1C1=CCCN(C)C1.O=C([O-])C(=O)[O-].[Na+].[Na+]. The Hall–Kier alpha value is -0.420. The molecule has 27 heavy (non-hydrogen) atoms. The maximum Gasteiger partial charge on any atom is 1.00 e. The van der Waals surface area contributed by atoms with E-state index in [2.05, 4.69) is 35.3 Å². The maximum atomic E-state index is 8.93. The van der Waals surface area contributed by atoms with E-state index in [4.69, 9.17) is 29.2 Å². The van der Waals surface area contributed by atoms with Crippen molar-refractivity contribution in [2.45, 2.75) is 39.0 Å². The Labute approximate surface area is 203 Å². The number of unbranched alkanes of at least 4 members (excludes halogenated alkanes) is 3. The number of carbonyl (C=O) groups is 2. The van der Waals surface area contributed by atoms with Gasteiger partial charge >= 0.3 is 59.1 Å². The molecule has 0 saturated heterocycles. The molecule has 0 radical (unpaired) electrons. The fraction of sp³-hybridized carbons (Fsp3) is 0.625. The van der Waals surface area contributed by atoms with Crippen LogP contribution in [-0.4, -0.2) is 53.9 Å². The van der Waals surface area contributed by atoms with Crippen molar-refractivity contribution in [3.63, 3.8) is 0 Å². The molecule has 1 aromatic rings. The van der Waals surface area contributed by atoms with Gasteiger partial charge in [-0.1, -0.05) is 32.3 Å². The second-order valence-corrected chi connectivity index (χ2v) is 5.66. The van der Waals surface area contributed by atoms with Crippen molar-refractivity contribution in [3.8, 4) is 5.88 Å². The number of rotatable bonds is 7. The first-order chi connectivity index (χ1) is 12.0. The zero-order chi connectivity index (χ0) is 18.7. The van der Waals surface area contributed by atoms with E-state index in [0.29, 0.717) is 12.5 Å². The Morgan fingerprint density at radius 3 is 2.41 bits per heavy atom. The summed E-state index contributed by atoms with van der Waals surface area (Å²) in [4.78, 5) is 20.1. The number of carboxylic acid groups (broad SMARTS) is 2. The minimum Gasteiger partial charge on any atom is -0.543 e. The third-order valence-electron chi connectivity index (χ3n) is 3.51. The summed E-state index contributed by atoms with van der Waals surface area (Å²) in [6.45, 7) is 4.85. The minimum atomic E-state index is -2.19. The molecule has 11 heteroatoms. The standard InChI is InChI=1S/C14H23N3O2.C2H2O4.2Na/c1-3-4-5-6-10-18-14-13(15-19-16-14)12-8-7-9-17(2)11-12;3-1(4)2(5)6;;/h8H,3-7,9-11H2,1-2H3;(H,3,4)(H,5,6);;/q;;2*+1/p-2. The van der Waals surface area contributed by atoms with Gasteiger partial charge in [0.2, 0.25) is 0 Å². The van der Waals surface area contributed by atoms with Crippen LogP contribution in [0.25, 0.3) is 5.57 Å². The van der Waals surface area contributed by atoms with Crippen LogP contribution in [0.15, 0.2) is 10.7 Å². The van der Waals surface area contributed by atoms with E-state index in [1.54, 1.807) is 0 Å². The number of hydrogen-bond donors (Lipinski definition) is 0. The van der Waals surface area contributed by atoms with Crippen LogP contribution in [0, 0.1) is 0 Å². The molecule has 1 aliphatic rings. The van der Waals surface area contributed by atoms with E-state index in [9.17, 15) is 0 Å². The van der Waals surface area contributed by atoms with Crippen molar-refractivity contribution in [2.24, 2.45) is 0 Å². The molecule has 0 spiro atoms. The van der Waals surface area contributed by atoms with Crippen LogP contribution in [0.1, 0.15) is 44.7 Å². The molecule has 1 aromatic heterocycles. The van der Waals surface area contributed by atoms with Gasteiger partial charge < -0.3 is 29.4 Å². The van der Waals surface area contributed by atoms with E-state index >= 15 is 0 Å². The number of aliphatic carboxylic acids is 2. The molecule has 0 atom stereocenters. The van der Waals surface area contributed by atoms with Crippen LogP contribution >= 0.6 is 0 Å². The maximum absolute atomic E-state index is 8.93. The molecule has 2 rings (SSSR count). The Morgan fingerprint density at radius 2 is 1.85 bits per heavy atom. The van der Waals surface area contributed by atoms with Crippen LogP contribution < -0.4 is 74.1 Å². The number of likely N-dealkylation sites (N-methyl/N-ethyl adjacent to an activating group) is 1. The van der Waals surface area contributed by atoms with E-state index < -0.39 is 11.9 Å². The molecule has 0 aliphatic carbocycles. The average Bonchev–Trinajstić information content (AvgIpc) is 3.03. The van der Waals surface area contributed by atoms with Crippen LogP contribution in [0.5, 0.6) is 5.88 Å². The molecule has 140 valence electrons. The molecule has 0 amide bonds. The van der Waals surface area contributed by atoms with Crippen molar-refractivity contribution in [1.82, 2.24) is 15.2 Å². The number of hydrogen-bond acceptors (Lipinski definition) is 9. The summed E-state index contributed by atoms with van der Waals surface area (Å²) in [5.74, 6) is -3.83. The van der Waals surface area contributed by atoms with Gasteiger partial charge in [-0.3, -0.25) is 0 Å². The second-order valence-electron chi connectivity index (χ2n) is 5.66. The largest absolute Gasteiger partial charge is 1.00 e. The number of ether oxygens (including phenoxy) is 1. The summed E-state index contributed by atoms with van der Waals surface area (Å²) in [7, 11) is 2.10. The predicted molar refractivity (Wildman–Crippen MR) is 84.0 cm³/mol. The van der Waals surface area contributed by atoms with Gasteiger partial charge in [0.05, 0.1) is 18.5 Å². The summed E-state index contributed by atoms with van der Waals surface area (Å²) in [6, 6.07) is 0. The molecule has 1 aliphatic heterocycles. The van der Waals surface area contributed by atoms with Crippen LogP contribution in [0.4, 0.5) is 0 Å². The van der Waals surface area contributed by atoms with Crippen molar-refractivity contribution in [2.75, 3.05) is 26.7 Å². The van der Waals surface area contributed by atoms with E-state index in [0.717, 1.165) is 37.2 Å². The van der Waals surface area contributed by atoms with E-state index in [1.165, 1.54) is 19.3 Å². The van der Waals surface area contributed by atoms with Crippen molar-refractivity contribution < 1.29 is 88.3 Å². The Balaban J connectivity index is 0. The molecule has 0 bridgehead atoms. The summed E-state index contributed by atoms with van der Waals surface area (Å²) in [6.07, 6.45) is 7.97. The van der Waals surface area contributed by atoms with E-state index in [1.807, 2.05) is 0 Å². The third-order valence-corrected chi connectivity index (χ3v) is 3.51. The third kappa shape index (κ3) is 11.9. The average molecular weight is 399 g/mol. The quantitative estimate of drug-likeness (QED) is 0.249. The van der Waals surface area contributed by atoms with E-state index in [-0.39, 0.29) is 59.1 Å². The number of aromatic nitrogens is 2. The zero-order valence-corrected chi connectivity index (χ0v) is 20.5. The topological polar surface area (TPSA) is 132 Å². The summed E-state index contributed by atoms with van der Waals surface area (Å²) in [5.41, 5.74) is 1.92. The second kappa shape index (κ2) is 16.5. The molecular formula is C16H23N3Na2O6. The smallest absolute Gasteiger partial charge is 0.543 e. The number of carbonyl (C=O) groups excluding carboxylic acids is 2. The Kier molecular flexibility index (Phi) is 17.6. The van der Waals surface area contributed by atoms with Crippen molar-refractivity contribution >= 4 is 17.5 Å². The van der Waals surface area contributed by atoms with Gasteiger partial charge in [-0.15, -0.1) is 0 Å². The van der Waals surface area contributed by atoms with Crippen LogP contribution in [0.2, 0.25) is 0 Å².